The molecule has 6 heteroatoms. The fraction of sp³-hybridized carbons (Fsp3) is 0.455. The Bertz CT molecular complexity index is 510. The molecule has 1 aromatic carbocycles. The van der Waals surface area contributed by atoms with Crippen molar-refractivity contribution in [2.45, 2.75) is 24.3 Å². The molecule has 1 heterocycles. The number of rotatable bonds is 3. The lowest BCUT2D eigenvalue weighted by molar-refractivity contribution is 0.477. The van der Waals surface area contributed by atoms with Gasteiger partial charge < -0.3 is 5.73 Å². The largest absolute Gasteiger partial charge is 0.326 e. The first-order chi connectivity index (χ1) is 8.05. The Morgan fingerprint density at radius 1 is 1.29 bits per heavy atom. The van der Waals surface area contributed by atoms with Crippen molar-refractivity contribution < 1.29 is 8.42 Å². The van der Waals surface area contributed by atoms with Gasteiger partial charge in [-0.25, -0.2) is 8.42 Å². The van der Waals surface area contributed by atoms with Crippen LogP contribution in [0.2, 0.25) is 5.02 Å². The maximum absolute atomic E-state index is 12.3. The Hall–Kier alpha value is -0.620. The van der Waals surface area contributed by atoms with E-state index in [0.717, 1.165) is 18.4 Å². The van der Waals surface area contributed by atoms with Gasteiger partial charge >= 0.3 is 0 Å². The highest BCUT2D eigenvalue weighted by molar-refractivity contribution is 7.89. The second-order valence-electron chi connectivity index (χ2n) is 4.08. The molecular formula is C11H15ClN2O2S. The van der Waals surface area contributed by atoms with Crippen LogP contribution < -0.4 is 5.73 Å². The summed E-state index contributed by atoms with van der Waals surface area (Å²) < 4.78 is 26.1. The number of halogens is 1. The summed E-state index contributed by atoms with van der Waals surface area (Å²) in [7, 11) is -3.46. The van der Waals surface area contributed by atoms with Crippen LogP contribution in [0.1, 0.15) is 18.4 Å². The van der Waals surface area contributed by atoms with Gasteiger partial charge in [0.1, 0.15) is 4.90 Å². The molecule has 0 aliphatic carbocycles. The Morgan fingerprint density at radius 3 is 2.53 bits per heavy atom. The average molecular weight is 275 g/mol. The van der Waals surface area contributed by atoms with Gasteiger partial charge in [-0.3, -0.25) is 0 Å². The van der Waals surface area contributed by atoms with Gasteiger partial charge in [0.25, 0.3) is 0 Å². The zero-order valence-corrected chi connectivity index (χ0v) is 11.0. The lowest BCUT2D eigenvalue weighted by Gasteiger charge is -2.17. The summed E-state index contributed by atoms with van der Waals surface area (Å²) in [6.07, 6.45) is 1.82. The molecule has 0 amide bonds. The zero-order valence-electron chi connectivity index (χ0n) is 9.39. The Morgan fingerprint density at radius 2 is 1.94 bits per heavy atom. The normalized spacial score (nSPS) is 17.5. The summed E-state index contributed by atoms with van der Waals surface area (Å²) in [6.45, 7) is 1.46. The monoisotopic (exact) mass is 274 g/mol. The predicted octanol–water partition coefficient (Wildman–Crippen LogP) is 1.58. The molecule has 0 aromatic heterocycles. The molecule has 94 valence electrons. The molecule has 4 nitrogen and oxygen atoms in total. The standard InChI is InChI=1S/C11H15ClN2O2S/c12-10-4-3-9(8-13)7-11(10)17(15,16)14-5-1-2-6-14/h3-4,7H,1-2,5-6,8,13H2. The van der Waals surface area contributed by atoms with Crippen LogP contribution in [0, 0.1) is 0 Å². The van der Waals surface area contributed by atoms with E-state index in [1.807, 2.05) is 0 Å². The summed E-state index contributed by atoms with van der Waals surface area (Å²) in [6, 6.07) is 4.90. The molecular weight excluding hydrogens is 260 g/mol. The second-order valence-corrected chi connectivity index (χ2v) is 6.39. The molecule has 1 aliphatic rings. The molecule has 17 heavy (non-hydrogen) atoms. The fourth-order valence-corrected chi connectivity index (χ4v) is 3.98. The van der Waals surface area contributed by atoms with Crippen molar-refractivity contribution >= 4 is 21.6 Å². The van der Waals surface area contributed by atoms with Gasteiger partial charge in [-0.15, -0.1) is 0 Å². The minimum atomic E-state index is -3.46. The molecule has 0 bridgehead atoms. The third-order valence-electron chi connectivity index (χ3n) is 2.91. The van der Waals surface area contributed by atoms with Gasteiger partial charge in [-0.1, -0.05) is 17.7 Å². The van der Waals surface area contributed by atoms with E-state index in [9.17, 15) is 8.42 Å². The molecule has 1 saturated heterocycles. The molecule has 0 unspecified atom stereocenters. The van der Waals surface area contributed by atoms with E-state index < -0.39 is 10.0 Å². The van der Waals surface area contributed by atoms with Gasteiger partial charge in [0.2, 0.25) is 10.0 Å². The van der Waals surface area contributed by atoms with E-state index in [2.05, 4.69) is 0 Å². The van der Waals surface area contributed by atoms with Crippen LogP contribution in [0.5, 0.6) is 0 Å². The molecule has 1 aromatic rings. The van der Waals surface area contributed by atoms with Crippen molar-refractivity contribution in [3.8, 4) is 0 Å². The minimum absolute atomic E-state index is 0.170. The summed E-state index contributed by atoms with van der Waals surface area (Å²) in [4.78, 5) is 0.170. The minimum Gasteiger partial charge on any atom is -0.326 e. The number of benzene rings is 1. The Kier molecular flexibility index (Phi) is 3.73. The lowest BCUT2D eigenvalue weighted by atomic mass is 10.2. The quantitative estimate of drug-likeness (QED) is 0.910. The molecule has 2 rings (SSSR count). The molecule has 0 atom stereocenters. The van der Waals surface area contributed by atoms with Crippen LogP contribution in [0.4, 0.5) is 0 Å². The van der Waals surface area contributed by atoms with Gasteiger partial charge in [-0.2, -0.15) is 4.31 Å². The maximum atomic E-state index is 12.3. The molecule has 0 radical (unpaired) electrons. The van der Waals surface area contributed by atoms with Crippen molar-refractivity contribution in [2.75, 3.05) is 13.1 Å². The Balaban J connectivity index is 2.44. The SMILES string of the molecule is NCc1ccc(Cl)c(S(=O)(=O)N2CCCC2)c1. The van der Waals surface area contributed by atoms with Gasteiger partial charge in [0.15, 0.2) is 0 Å². The first-order valence-electron chi connectivity index (χ1n) is 5.54. The molecule has 0 saturated carbocycles. The van der Waals surface area contributed by atoms with Crippen LogP contribution in [-0.4, -0.2) is 25.8 Å². The Labute approximate surface area is 106 Å². The van der Waals surface area contributed by atoms with E-state index in [1.165, 1.54) is 4.31 Å². The van der Waals surface area contributed by atoms with Crippen molar-refractivity contribution in [1.29, 1.82) is 0 Å². The third kappa shape index (κ3) is 2.47. The van der Waals surface area contributed by atoms with E-state index >= 15 is 0 Å². The number of nitrogens with zero attached hydrogens (tertiary/aromatic N) is 1. The molecule has 1 fully saturated rings. The first-order valence-corrected chi connectivity index (χ1v) is 7.36. The number of nitrogens with two attached hydrogens (primary N) is 1. The highest BCUT2D eigenvalue weighted by Crippen LogP contribution is 2.27. The van der Waals surface area contributed by atoms with Crippen LogP contribution in [0.15, 0.2) is 23.1 Å². The van der Waals surface area contributed by atoms with Crippen molar-refractivity contribution in [3.05, 3.63) is 28.8 Å². The van der Waals surface area contributed by atoms with Crippen LogP contribution in [0.3, 0.4) is 0 Å². The van der Waals surface area contributed by atoms with Crippen LogP contribution in [-0.2, 0) is 16.6 Å². The summed E-state index contributed by atoms with van der Waals surface area (Å²) in [5, 5.41) is 0.258. The number of hydrogen-bond acceptors (Lipinski definition) is 3. The molecule has 1 aliphatic heterocycles. The number of hydrogen-bond donors (Lipinski definition) is 1. The predicted molar refractivity (Wildman–Crippen MR) is 67.3 cm³/mol. The highest BCUT2D eigenvalue weighted by atomic mass is 35.5. The van der Waals surface area contributed by atoms with E-state index in [0.29, 0.717) is 19.6 Å². The molecule has 2 N–H and O–H groups in total. The second kappa shape index (κ2) is 4.94. The van der Waals surface area contributed by atoms with Crippen LogP contribution in [0.25, 0.3) is 0 Å². The third-order valence-corrected chi connectivity index (χ3v) is 5.29. The van der Waals surface area contributed by atoms with Crippen molar-refractivity contribution in [3.63, 3.8) is 0 Å². The number of sulfonamides is 1. The fourth-order valence-electron chi connectivity index (χ4n) is 1.94. The highest BCUT2D eigenvalue weighted by Gasteiger charge is 2.29. The first kappa shape index (κ1) is 12.8. The zero-order chi connectivity index (χ0) is 12.5. The molecule has 0 spiro atoms. The maximum Gasteiger partial charge on any atom is 0.244 e. The summed E-state index contributed by atoms with van der Waals surface area (Å²) in [5.74, 6) is 0. The van der Waals surface area contributed by atoms with E-state index in [1.54, 1.807) is 18.2 Å². The van der Waals surface area contributed by atoms with Gasteiger partial charge in [0.05, 0.1) is 5.02 Å². The van der Waals surface area contributed by atoms with Crippen LogP contribution >= 0.6 is 11.6 Å². The van der Waals surface area contributed by atoms with Crippen molar-refractivity contribution in [1.82, 2.24) is 4.31 Å². The lowest BCUT2D eigenvalue weighted by Crippen LogP contribution is -2.28. The summed E-state index contributed by atoms with van der Waals surface area (Å²) >= 11 is 5.97. The van der Waals surface area contributed by atoms with Gasteiger partial charge in [-0.05, 0) is 30.5 Å². The topological polar surface area (TPSA) is 63.4 Å². The van der Waals surface area contributed by atoms with E-state index in [-0.39, 0.29) is 9.92 Å². The van der Waals surface area contributed by atoms with Gasteiger partial charge in [0, 0.05) is 19.6 Å². The smallest absolute Gasteiger partial charge is 0.244 e. The van der Waals surface area contributed by atoms with Crippen molar-refractivity contribution in [2.24, 2.45) is 5.73 Å². The summed E-state index contributed by atoms with van der Waals surface area (Å²) in [5.41, 5.74) is 6.28. The average Bonchev–Trinajstić information content (AvgIpc) is 2.83. The van der Waals surface area contributed by atoms with E-state index in [4.69, 9.17) is 17.3 Å².